The lowest BCUT2D eigenvalue weighted by Crippen LogP contribution is -2.03. The van der Waals surface area contributed by atoms with Gasteiger partial charge in [0.15, 0.2) is 0 Å². The number of hydrogen-bond acceptors (Lipinski definition) is 3. The average molecular weight is 217 g/mol. The molecule has 2 rings (SSSR count). The molecule has 0 saturated heterocycles. The van der Waals surface area contributed by atoms with Crippen molar-refractivity contribution in [1.82, 2.24) is 9.97 Å². The van der Waals surface area contributed by atoms with Crippen LogP contribution in [0, 0.1) is 0 Å². The Kier molecular flexibility index (Phi) is 3.22. The number of aromatic amines is 1. The number of nitrogens with two attached hydrogens (primary N) is 1. The molecule has 84 valence electrons. The van der Waals surface area contributed by atoms with Gasteiger partial charge in [0.05, 0.1) is 19.0 Å². The number of imidazole rings is 1. The molecule has 0 fully saturated rings. The number of nitrogens with one attached hydrogen (secondary N) is 1. The van der Waals surface area contributed by atoms with E-state index in [9.17, 15) is 0 Å². The molecule has 0 atom stereocenters. The SMILES string of the molecule is COc1ccc(-c2cnc(CCN)[nH]2)cc1. The zero-order valence-electron chi connectivity index (χ0n) is 9.23. The van der Waals surface area contributed by atoms with E-state index >= 15 is 0 Å². The largest absolute Gasteiger partial charge is 0.497 e. The van der Waals surface area contributed by atoms with Gasteiger partial charge in [0.2, 0.25) is 0 Å². The third-order valence-electron chi connectivity index (χ3n) is 2.41. The molecule has 0 aliphatic rings. The maximum absolute atomic E-state index is 5.47. The van der Waals surface area contributed by atoms with Crippen molar-refractivity contribution in [2.45, 2.75) is 6.42 Å². The lowest BCUT2D eigenvalue weighted by atomic mass is 10.2. The highest BCUT2D eigenvalue weighted by atomic mass is 16.5. The first-order chi connectivity index (χ1) is 7.83. The fraction of sp³-hybridized carbons (Fsp3) is 0.250. The van der Waals surface area contributed by atoms with Crippen LogP contribution in [0.2, 0.25) is 0 Å². The van der Waals surface area contributed by atoms with Crippen LogP contribution in [0.1, 0.15) is 5.82 Å². The molecule has 0 unspecified atom stereocenters. The first-order valence-electron chi connectivity index (χ1n) is 5.22. The van der Waals surface area contributed by atoms with Crippen molar-refractivity contribution in [3.8, 4) is 17.0 Å². The van der Waals surface area contributed by atoms with E-state index in [1.807, 2.05) is 30.5 Å². The van der Waals surface area contributed by atoms with Crippen LogP contribution < -0.4 is 10.5 Å². The highest BCUT2D eigenvalue weighted by molar-refractivity contribution is 5.59. The van der Waals surface area contributed by atoms with Gasteiger partial charge in [-0.25, -0.2) is 4.98 Å². The van der Waals surface area contributed by atoms with Gasteiger partial charge in [0, 0.05) is 6.42 Å². The summed E-state index contributed by atoms with van der Waals surface area (Å²) in [6, 6.07) is 7.86. The Bertz CT molecular complexity index is 448. The molecular weight excluding hydrogens is 202 g/mol. The summed E-state index contributed by atoms with van der Waals surface area (Å²) < 4.78 is 5.11. The molecule has 1 aromatic heterocycles. The number of nitrogens with zero attached hydrogens (tertiary/aromatic N) is 1. The van der Waals surface area contributed by atoms with E-state index in [1.54, 1.807) is 7.11 Å². The van der Waals surface area contributed by atoms with Crippen LogP contribution in [-0.2, 0) is 6.42 Å². The molecule has 1 aromatic carbocycles. The van der Waals surface area contributed by atoms with Gasteiger partial charge in [-0.3, -0.25) is 0 Å². The third kappa shape index (κ3) is 2.23. The molecule has 0 aliphatic carbocycles. The summed E-state index contributed by atoms with van der Waals surface area (Å²) in [4.78, 5) is 7.49. The van der Waals surface area contributed by atoms with Gasteiger partial charge in [-0.05, 0) is 36.4 Å². The number of aromatic nitrogens is 2. The minimum absolute atomic E-state index is 0.607. The fourth-order valence-electron chi connectivity index (χ4n) is 1.54. The molecule has 16 heavy (non-hydrogen) atoms. The van der Waals surface area contributed by atoms with E-state index < -0.39 is 0 Å². The number of methoxy groups -OCH3 is 1. The summed E-state index contributed by atoms with van der Waals surface area (Å²) in [7, 11) is 1.66. The van der Waals surface area contributed by atoms with E-state index in [4.69, 9.17) is 10.5 Å². The van der Waals surface area contributed by atoms with Gasteiger partial charge in [-0.15, -0.1) is 0 Å². The third-order valence-corrected chi connectivity index (χ3v) is 2.41. The predicted octanol–water partition coefficient (Wildman–Crippen LogP) is 1.59. The molecule has 0 bridgehead atoms. The molecule has 0 radical (unpaired) electrons. The number of benzene rings is 1. The van der Waals surface area contributed by atoms with Crippen molar-refractivity contribution in [3.63, 3.8) is 0 Å². The van der Waals surface area contributed by atoms with Gasteiger partial charge >= 0.3 is 0 Å². The van der Waals surface area contributed by atoms with Crippen LogP contribution in [0.15, 0.2) is 30.5 Å². The first kappa shape index (κ1) is 10.7. The zero-order valence-corrected chi connectivity index (χ0v) is 9.23. The van der Waals surface area contributed by atoms with Crippen molar-refractivity contribution >= 4 is 0 Å². The fourth-order valence-corrected chi connectivity index (χ4v) is 1.54. The molecule has 0 spiro atoms. The van der Waals surface area contributed by atoms with Crippen LogP contribution in [0.25, 0.3) is 11.3 Å². The Morgan fingerprint density at radius 3 is 2.69 bits per heavy atom. The standard InChI is InChI=1S/C12H15N3O/c1-16-10-4-2-9(3-5-10)11-8-14-12(15-11)6-7-13/h2-5,8H,6-7,13H2,1H3,(H,14,15). The minimum atomic E-state index is 0.607. The van der Waals surface area contributed by atoms with Gasteiger partial charge in [0.25, 0.3) is 0 Å². The summed E-state index contributed by atoms with van der Waals surface area (Å²) in [5.74, 6) is 1.78. The lowest BCUT2D eigenvalue weighted by Gasteiger charge is -2.00. The second kappa shape index (κ2) is 4.81. The molecule has 0 aliphatic heterocycles. The number of hydrogen-bond donors (Lipinski definition) is 2. The van der Waals surface area contributed by atoms with Crippen molar-refractivity contribution in [1.29, 1.82) is 0 Å². The number of rotatable bonds is 4. The maximum Gasteiger partial charge on any atom is 0.118 e. The Morgan fingerprint density at radius 2 is 2.06 bits per heavy atom. The van der Waals surface area contributed by atoms with E-state index in [2.05, 4.69) is 9.97 Å². The van der Waals surface area contributed by atoms with Gasteiger partial charge < -0.3 is 15.5 Å². The summed E-state index contributed by atoms with van der Waals surface area (Å²) >= 11 is 0. The van der Waals surface area contributed by atoms with E-state index in [0.29, 0.717) is 6.54 Å². The van der Waals surface area contributed by atoms with Gasteiger partial charge in [0.1, 0.15) is 11.6 Å². The van der Waals surface area contributed by atoms with E-state index in [-0.39, 0.29) is 0 Å². The molecule has 4 heteroatoms. The van der Waals surface area contributed by atoms with Crippen molar-refractivity contribution in [2.24, 2.45) is 5.73 Å². The average Bonchev–Trinajstić information content (AvgIpc) is 2.78. The summed E-state index contributed by atoms with van der Waals surface area (Å²) in [6.07, 6.45) is 2.60. The van der Waals surface area contributed by atoms with Gasteiger partial charge in [-0.1, -0.05) is 0 Å². The van der Waals surface area contributed by atoms with Gasteiger partial charge in [-0.2, -0.15) is 0 Å². The zero-order chi connectivity index (χ0) is 11.4. The van der Waals surface area contributed by atoms with Crippen LogP contribution in [0.5, 0.6) is 5.75 Å². The quantitative estimate of drug-likeness (QED) is 0.817. The Hall–Kier alpha value is -1.81. The molecule has 4 nitrogen and oxygen atoms in total. The van der Waals surface area contributed by atoms with Crippen LogP contribution >= 0.6 is 0 Å². The van der Waals surface area contributed by atoms with E-state index in [1.165, 1.54) is 0 Å². The van der Waals surface area contributed by atoms with Crippen molar-refractivity contribution in [3.05, 3.63) is 36.3 Å². The van der Waals surface area contributed by atoms with Crippen molar-refractivity contribution < 1.29 is 4.74 Å². The maximum atomic E-state index is 5.47. The van der Waals surface area contributed by atoms with Crippen molar-refractivity contribution in [2.75, 3.05) is 13.7 Å². The van der Waals surface area contributed by atoms with Crippen LogP contribution in [0.3, 0.4) is 0 Å². The molecule has 1 heterocycles. The predicted molar refractivity (Wildman–Crippen MR) is 63.3 cm³/mol. The Morgan fingerprint density at radius 1 is 1.31 bits per heavy atom. The summed E-state index contributed by atoms with van der Waals surface area (Å²) in [5, 5.41) is 0. The second-order valence-corrected chi connectivity index (χ2v) is 3.51. The summed E-state index contributed by atoms with van der Waals surface area (Å²) in [6.45, 7) is 0.607. The van der Waals surface area contributed by atoms with Crippen LogP contribution in [0.4, 0.5) is 0 Å². The lowest BCUT2D eigenvalue weighted by molar-refractivity contribution is 0.415. The van der Waals surface area contributed by atoms with E-state index in [0.717, 1.165) is 29.3 Å². The molecule has 0 amide bonds. The van der Waals surface area contributed by atoms with Crippen LogP contribution in [-0.4, -0.2) is 23.6 Å². The highest BCUT2D eigenvalue weighted by Crippen LogP contribution is 2.20. The Labute approximate surface area is 94.5 Å². The molecule has 0 saturated carbocycles. The molecular formula is C12H15N3O. The molecule has 3 N–H and O–H groups in total. The first-order valence-corrected chi connectivity index (χ1v) is 5.22. The normalized spacial score (nSPS) is 10.4. The topological polar surface area (TPSA) is 63.9 Å². The minimum Gasteiger partial charge on any atom is -0.497 e. The monoisotopic (exact) mass is 217 g/mol. The number of H-pyrrole nitrogens is 1. The highest BCUT2D eigenvalue weighted by Gasteiger charge is 2.02. The second-order valence-electron chi connectivity index (χ2n) is 3.51. The Balaban J connectivity index is 2.21. The summed E-state index contributed by atoms with van der Waals surface area (Å²) in [5.41, 5.74) is 7.57. The molecule has 2 aromatic rings. The smallest absolute Gasteiger partial charge is 0.118 e. The number of ether oxygens (including phenoxy) is 1.